The Morgan fingerprint density at radius 3 is 2.87 bits per heavy atom. The zero-order chi connectivity index (χ0) is 11.3. The number of ether oxygens (including phenoxy) is 4. The summed E-state index contributed by atoms with van der Waals surface area (Å²) in [5, 5.41) is 0. The van der Waals surface area contributed by atoms with Crippen molar-refractivity contribution >= 4 is 5.97 Å². The van der Waals surface area contributed by atoms with E-state index in [9.17, 15) is 4.79 Å². The number of hydrogen-bond acceptors (Lipinski definition) is 5. The van der Waals surface area contributed by atoms with Crippen molar-refractivity contribution < 1.29 is 23.7 Å². The lowest BCUT2D eigenvalue weighted by Gasteiger charge is -2.22. The average molecular weight is 218 g/mol. The Balaban J connectivity index is 2.31. The van der Waals surface area contributed by atoms with Gasteiger partial charge >= 0.3 is 5.97 Å². The minimum absolute atomic E-state index is 0.0438. The number of carbonyl (C=O) groups excluding carboxylic acids is 1. The van der Waals surface area contributed by atoms with E-state index in [1.807, 2.05) is 6.92 Å². The molecule has 5 nitrogen and oxygen atoms in total. The van der Waals surface area contributed by atoms with E-state index in [0.29, 0.717) is 26.1 Å². The molecule has 0 spiro atoms. The Morgan fingerprint density at radius 2 is 2.27 bits per heavy atom. The van der Waals surface area contributed by atoms with E-state index in [1.54, 1.807) is 7.11 Å². The normalized spacial score (nSPS) is 30.5. The molecule has 2 unspecified atom stereocenters. The van der Waals surface area contributed by atoms with Gasteiger partial charge in [0.2, 0.25) is 0 Å². The number of methoxy groups -OCH3 is 2. The molecule has 15 heavy (non-hydrogen) atoms. The van der Waals surface area contributed by atoms with Gasteiger partial charge in [0.1, 0.15) is 6.10 Å². The molecule has 1 aliphatic heterocycles. The van der Waals surface area contributed by atoms with Gasteiger partial charge < -0.3 is 18.9 Å². The second-order valence-electron chi connectivity index (χ2n) is 3.72. The van der Waals surface area contributed by atoms with Gasteiger partial charge in [-0.2, -0.15) is 0 Å². The van der Waals surface area contributed by atoms with Crippen LogP contribution in [-0.2, 0) is 23.7 Å². The SMILES string of the molecule is COCC1COC(C)(CCC(=O)OC)O1. The molecule has 0 saturated carbocycles. The van der Waals surface area contributed by atoms with Crippen LogP contribution in [0.5, 0.6) is 0 Å². The molecule has 2 atom stereocenters. The van der Waals surface area contributed by atoms with Crippen molar-refractivity contribution in [2.75, 3.05) is 27.4 Å². The molecule has 0 aromatic rings. The standard InChI is InChI=1S/C10H18O5/c1-10(5-4-9(11)13-3)14-7-8(15-10)6-12-2/h8H,4-7H2,1-3H3. The predicted molar refractivity (Wildman–Crippen MR) is 52.4 cm³/mol. The van der Waals surface area contributed by atoms with Crippen LogP contribution >= 0.6 is 0 Å². The molecule has 88 valence electrons. The van der Waals surface area contributed by atoms with Crippen molar-refractivity contribution in [2.45, 2.75) is 31.7 Å². The number of carbonyl (C=O) groups is 1. The molecule has 1 rings (SSSR count). The van der Waals surface area contributed by atoms with E-state index in [4.69, 9.17) is 14.2 Å². The highest BCUT2D eigenvalue weighted by Gasteiger charge is 2.37. The Morgan fingerprint density at radius 1 is 1.53 bits per heavy atom. The Bertz CT molecular complexity index is 218. The zero-order valence-corrected chi connectivity index (χ0v) is 9.45. The molecule has 1 fully saturated rings. The van der Waals surface area contributed by atoms with Gasteiger partial charge in [0.05, 0.1) is 26.7 Å². The van der Waals surface area contributed by atoms with Gasteiger partial charge in [-0.15, -0.1) is 0 Å². The van der Waals surface area contributed by atoms with Gasteiger partial charge in [0.25, 0.3) is 0 Å². The molecule has 0 bridgehead atoms. The summed E-state index contributed by atoms with van der Waals surface area (Å²) in [6.07, 6.45) is 0.754. The first kappa shape index (κ1) is 12.4. The molecule has 0 aromatic heterocycles. The molecule has 0 N–H and O–H groups in total. The van der Waals surface area contributed by atoms with Crippen LogP contribution in [0.3, 0.4) is 0 Å². The topological polar surface area (TPSA) is 54.0 Å². The molecule has 0 aromatic carbocycles. The van der Waals surface area contributed by atoms with E-state index in [2.05, 4.69) is 4.74 Å². The van der Waals surface area contributed by atoms with Crippen molar-refractivity contribution in [3.05, 3.63) is 0 Å². The summed E-state index contributed by atoms with van der Waals surface area (Å²) in [4.78, 5) is 11.0. The fourth-order valence-corrected chi connectivity index (χ4v) is 1.52. The van der Waals surface area contributed by atoms with Crippen molar-refractivity contribution in [3.63, 3.8) is 0 Å². The Labute approximate surface area is 89.6 Å². The summed E-state index contributed by atoms with van der Waals surface area (Å²) in [5.41, 5.74) is 0. The predicted octanol–water partition coefficient (Wildman–Crippen LogP) is 0.718. The highest BCUT2D eigenvalue weighted by Crippen LogP contribution is 2.28. The lowest BCUT2D eigenvalue weighted by atomic mass is 10.2. The summed E-state index contributed by atoms with van der Waals surface area (Å²) < 4.78 is 20.6. The maximum atomic E-state index is 11.0. The maximum Gasteiger partial charge on any atom is 0.305 e. The van der Waals surface area contributed by atoms with Gasteiger partial charge in [-0.1, -0.05) is 0 Å². The summed E-state index contributed by atoms with van der Waals surface area (Å²) >= 11 is 0. The molecular formula is C10H18O5. The van der Waals surface area contributed by atoms with E-state index in [-0.39, 0.29) is 12.1 Å². The number of hydrogen-bond donors (Lipinski definition) is 0. The van der Waals surface area contributed by atoms with E-state index in [0.717, 1.165) is 0 Å². The molecule has 1 aliphatic rings. The Hall–Kier alpha value is -0.650. The van der Waals surface area contributed by atoms with Crippen LogP contribution in [0, 0.1) is 0 Å². The monoisotopic (exact) mass is 218 g/mol. The molecule has 5 heteroatoms. The number of rotatable bonds is 5. The average Bonchev–Trinajstić information content (AvgIpc) is 2.58. The van der Waals surface area contributed by atoms with Crippen molar-refractivity contribution in [2.24, 2.45) is 0 Å². The van der Waals surface area contributed by atoms with E-state index < -0.39 is 5.79 Å². The second kappa shape index (κ2) is 5.44. The smallest absolute Gasteiger partial charge is 0.305 e. The first-order valence-electron chi connectivity index (χ1n) is 4.97. The van der Waals surface area contributed by atoms with Crippen molar-refractivity contribution in [1.82, 2.24) is 0 Å². The van der Waals surface area contributed by atoms with Crippen molar-refractivity contribution in [3.8, 4) is 0 Å². The van der Waals surface area contributed by atoms with Gasteiger partial charge in [0.15, 0.2) is 5.79 Å². The van der Waals surface area contributed by atoms with Gasteiger partial charge in [-0.05, 0) is 6.92 Å². The third-order valence-corrected chi connectivity index (χ3v) is 2.35. The first-order valence-corrected chi connectivity index (χ1v) is 4.97. The van der Waals surface area contributed by atoms with E-state index in [1.165, 1.54) is 7.11 Å². The maximum absolute atomic E-state index is 11.0. The molecule has 0 aliphatic carbocycles. The third kappa shape index (κ3) is 3.77. The second-order valence-corrected chi connectivity index (χ2v) is 3.72. The van der Waals surface area contributed by atoms with Gasteiger partial charge in [0, 0.05) is 13.5 Å². The van der Waals surface area contributed by atoms with Crippen molar-refractivity contribution in [1.29, 1.82) is 0 Å². The molecule has 0 amide bonds. The van der Waals surface area contributed by atoms with E-state index >= 15 is 0 Å². The minimum atomic E-state index is -0.683. The van der Waals surface area contributed by atoms with Crippen LogP contribution in [0.4, 0.5) is 0 Å². The molecule has 1 heterocycles. The van der Waals surface area contributed by atoms with Crippen LogP contribution in [0.15, 0.2) is 0 Å². The fraction of sp³-hybridized carbons (Fsp3) is 0.900. The quantitative estimate of drug-likeness (QED) is 0.636. The molecule has 0 radical (unpaired) electrons. The van der Waals surface area contributed by atoms with Crippen LogP contribution < -0.4 is 0 Å². The molecule has 1 saturated heterocycles. The first-order chi connectivity index (χ1) is 7.09. The fourth-order valence-electron chi connectivity index (χ4n) is 1.52. The lowest BCUT2D eigenvalue weighted by molar-refractivity contribution is -0.170. The van der Waals surface area contributed by atoms with Gasteiger partial charge in [-0.25, -0.2) is 0 Å². The highest BCUT2D eigenvalue weighted by atomic mass is 16.7. The highest BCUT2D eigenvalue weighted by molar-refractivity contribution is 5.69. The van der Waals surface area contributed by atoms with Gasteiger partial charge in [-0.3, -0.25) is 4.79 Å². The Kier molecular flexibility index (Phi) is 4.50. The van der Waals surface area contributed by atoms with Crippen LogP contribution in [0.25, 0.3) is 0 Å². The zero-order valence-electron chi connectivity index (χ0n) is 9.45. The summed E-state index contributed by atoms with van der Waals surface area (Å²) in [5.74, 6) is -0.934. The summed E-state index contributed by atoms with van der Waals surface area (Å²) in [6.45, 7) is 2.84. The number of esters is 1. The lowest BCUT2D eigenvalue weighted by Crippen LogP contribution is -2.28. The third-order valence-electron chi connectivity index (χ3n) is 2.35. The minimum Gasteiger partial charge on any atom is -0.469 e. The largest absolute Gasteiger partial charge is 0.469 e. The van der Waals surface area contributed by atoms with Crippen LogP contribution in [0.2, 0.25) is 0 Å². The molecular weight excluding hydrogens is 200 g/mol. The van der Waals surface area contributed by atoms with Crippen LogP contribution in [-0.4, -0.2) is 45.3 Å². The summed E-state index contributed by atoms with van der Waals surface area (Å²) in [6, 6.07) is 0. The van der Waals surface area contributed by atoms with Crippen LogP contribution in [0.1, 0.15) is 19.8 Å². The summed E-state index contributed by atoms with van der Waals surface area (Å²) in [7, 11) is 2.99.